The van der Waals surface area contributed by atoms with Gasteiger partial charge in [0.1, 0.15) is 6.04 Å². The highest BCUT2D eigenvalue weighted by Crippen LogP contribution is 2.12. The van der Waals surface area contributed by atoms with Crippen molar-refractivity contribution in [3.05, 3.63) is 114 Å². The lowest BCUT2D eigenvalue weighted by molar-refractivity contribution is -0.123. The van der Waals surface area contributed by atoms with E-state index in [1.54, 1.807) is 23.1 Å². The van der Waals surface area contributed by atoms with Crippen LogP contribution in [-0.4, -0.2) is 70.2 Å². The van der Waals surface area contributed by atoms with Crippen molar-refractivity contribution in [1.29, 1.82) is 0 Å². The van der Waals surface area contributed by atoms with E-state index < -0.39 is 27.8 Å². The molecule has 0 aromatic heterocycles. The van der Waals surface area contributed by atoms with Crippen LogP contribution in [0.3, 0.4) is 0 Å². The summed E-state index contributed by atoms with van der Waals surface area (Å²) in [6.07, 6.45) is 1.67. The predicted molar refractivity (Wildman–Crippen MR) is 156 cm³/mol. The van der Waals surface area contributed by atoms with E-state index in [2.05, 4.69) is 10.6 Å². The number of amides is 3. The average molecular weight is 578 g/mol. The molecule has 41 heavy (non-hydrogen) atoms. The van der Waals surface area contributed by atoms with Crippen molar-refractivity contribution in [1.82, 2.24) is 15.5 Å². The van der Waals surface area contributed by atoms with E-state index in [4.69, 9.17) is 9.47 Å². The maximum absolute atomic E-state index is 13.6. The number of ether oxygens (including phenoxy) is 2. The number of hydrogen-bond donors (Lipinski definition) is 2. The number of sulfone groups is 1. The fourth-order valence-electron chi connectivity index (χ4n) is 4.26. The van der Waals surface area contributed by atoms with Crippen molar-refractivity contribution in [2.24, 2.45) is 0 Å². The zero-order valence-corrected chi connectivity index (χ0v) is 23.5. The molecule has 2 N–H and O–H groups in total. The fourth-order valence-corrected chi connectivity index (χ4v) is 5.35. The summed E-state index contributed by atoms with van der Waals surface area (Å²) in [5.41, 5.74) is 1.81. The van der Waals surface area contributed by atoms with Crippen molar-refractivity contribution in [3.63, 3.8) is 0 Å². The van der Waals surface area contributed by atoms with Gasteiger partial charge in [-0.15, -0.1) is 0 Å². The average Bonchev–Trinajstić information content (AvgIpc) is 3.01. The van der Waals surface area contributed by atoms with Gasteiger partial charge in [-0.1, -0.05) is 78.9 Å². The number of nitrogens with one attached hydrogen (secondary N) is 2. The van der Waals surface area contributed by atoms with Gasteiger partial charge in [-0.3, -0.25) is 4.79 Å². The van der Waals surface area contributed by atoms with Crippen LogP contribution in [0.5, 0.6) is 0 Å². The summed E-state index contributed by atoms with van der Waals surface area (Å²) in [6, 6.07) is 24.9. The summed E-state index contributed by atoms with van der Waals surface area (Å²) < 4.78 is 37.0. The van der Waals surface area contributed by atoms with Crippen LogP contribution < -0.4 is 10.6 Å². The Morgan fingerprint density at radius 3 is 2.07 bits per heavy atom. The van der Waals surface area contributed by atoms with Gasteiger partial charge in [-0.25, -0.2) is 13.2 Å². The second-order valence-corrected chi connectivity index (χ2v) is 11.4. The third kappa shape index (κ3) is 9.56. The van der Waals surface area contributed by atoms with Crippen LogP contribution in [0, 0.1) is 0 Å². The first-order valence-corrected chi connectivity index (χ1v) is 15.0. The molecular weight excluding hydrogens is 542 g/mol. The summed E-state index contributed by atoms with van der Waals surface area (Å²) in [6.45, 7) is 2.04. The van der Waals surface area contributed by atoms with Crippen molar-refractivity contribution in [2.45, 2.75) is 30.0 Å². The van der Waals surface area contributed by atoms with Crippen LogP contribution >= 0.6 is 0 Å². The number of benzene rings is 3. The second kappa shape index (κ2) is 15.1. The van der Waals surface area contributed by atoms with Crippen molar-refractivity contribution < 1.29 is 27.5 Å². The molecule has 1 fully saturated rings. The molecule has 216 valence electrons. The molecule has 1 saturated heterocycles. The van der Waals surface area contributed by atoms with E-state index in [1.165, 1.54) is 18.2 Å². The highest BCUT2D eigenvalue weighted by Gasteiger charge is 2.26. The molecule has 10 heteroatoms. The van der Waals surface area contributed by atoms with Gasteiger partial charge in [-0.2, -0.15) is 0 Å². The molecule has 0 saturated carbocycles. The van der Waals surface area contributed by atoms with E-state index in [9.17, 15) is 18.0 Å². The van der Waals surface area contributed by atoms with Gasteiger partial charge in [0.2, 0.25) is 5.91 Å². The van der Waals surface area contributed by atoms with Crippen molar-refractivity contribution in [3.8, 4) is 0 Å². The molecule has 3 aromatic rings. The number of rotatable bonds is 12. The molecule has 1 aliphatic rings. The Kier molecular flexibility index (Phi) is 11.1. The largest absolute Gasteiger partial charge is 0.378 e. The number of morpholine rings is 1. The van der Waals surface area contributed by atoms with Crippen LogP contribution in [0.2, 0.25) is 0 Å². The maximum atomic E-state index is 13.6. The number of carbonyl (C=O) groups excluding carboxylic acids is 2. The molecule has 2 atom stereocenters. The molecule has 0 bridgehead atoms. The molecule has 3 aromatic carbocycles. The molecule has 0 spiro atoms. The van der Waals surface area contributed by atoms with Gasteiger partial charge in [-0.05, 0) is 29.3 Å². The number of urea groups is 1. The zero-order chi connectivity index (χ0) is 28.9. The Morgan fingerprint density at radius 1 is 0.854 bits per heavy atom. The zero-order valence-electron chi connectivity index (χ0n) is 22.7. The Morgan fingerprint density at radius 2 is 1.44 bits per heavy atom. The summed E-state index contributed by atoms with van der Waals surface area (Å²) in [5.74, 6) is -0.453. The van der Waals surface area contributed by atoms with E-state index in [1.807, 2.05) is 60.7 Å². The Hall–Kier alpha value is -3.99. The molecular formula is C31H35N3O6S. The van der Waals surface area contributed by atoms with Gasteiger partial charge >= 0.3 is 6.03 Å². The van der Waals surface area contributed by atoms with Gasteiger partial charge in [0.25, 0.3) is 0 Å². The van der Waals surface area contributed by atoms with Gasteiger partial charge in [0.15, 0.2) is 9.84 Å². The van der Waals surface area contributed by atoms with E-state index in [-0.39, 0.29) is 30.6 Å². The van der Waals surface area contributed by atoms with Gasteiger partial charge in [0, 0.05) is 24.9 Å². The van der Waals surface area contributed by atoms with Crippen LogP contribution in [0.25, 0.3) is 0 Å². The maximum Gasteiger partial charge on any atom is 0.318 e. The molecule has 2 unspecified atom stereocenters. The summed E-state index contributed by atoms with van der Waals surface area (Å²) in [4.78, 5) is 28.3. The lowest BCUT2D eigenvalue weighted by Crippen LogP contribution is -2.55. The third-order valence-corrected chi connectivity index (χ3v) is 7.94. The Bertz CT molecular complexity index is 1380. The van der Waals surface area contributed by atoms with E-state index >= 15 is 0 Å². The quantitative estimate of drug-likeness (QED) is 0.342. The first kappa shape index (κ1) is 30.0. The van der Waals surface area contributed by atoms with Crippen molar-refractivity contribution in [2.75, 3.05) is 32.9 Å². The van der Waals surface area contributed by atoms with Gasteiger partial charge in [0.05, 0.1) is 37.4 Å². The number of nitrogens with zero attached hydrogens (tertiary/aromatic N) is 1. The molecule has 4 rings (SSSR count). The monoisotopic (exact) mass is 577 g/mol. The molecule has 0 aliphatic carbocycles. The Labute approximate surface area is 241 Å². The molecule has 1 aliphatic heterocycles. The minimum Gasteiger partial charge on any atom is -0.378 e. The normalized spacial score (nSPS) is 15.3. The fraction of sp³-hybridized carbons (Fsp3) is 0.290. The predicted octanol–water partition coefficient (Wildman–Crippen LogP) is 3.33. The van der Waals surface area contributed by atoms with Crippen molar-refractivity contribution >= 4 is 21.8 Å². The molecule has 3 amide bonds. The molecule has 0 radical (unpaired) electrons. The topological polar surface area (TPSA) is 114 Å². The van der Waals surface area contributed by atoms with Crippen LogP contribution in [0.1, 0.15) is 11.1 Å². The molecule has 9 nitrogen and oxygen atoms in total. The Balaban J connectivity index is 1.50. The lowest BCUT2D eigenvalue weighted by Gasteiger charge is -2.29. The highest BCUT2D eigenvalue weighted by atomic mass is 32.2. The minimum atomic E-state index is -3.75. The molecule has 1 heterocycles. The van der Waals surface area contributed by atoms with E-state index in [0.717, 1.165) is 16.5 Å². The summed E-state index contributed by atoms with van der Waals surface area (Å²) in [5, 5.41) is 6.82. The summed E-state index contributed by atoms with van der Waals surface area (Å²) >= 11 is 0. The highest BCUT2D eigenvalue weighted by molar-refractivity contribution is 7.94. The second-order valence-electron chi connectivity index (χ2n) is 9.59. The first-order valence-electron chi connectivity index (χ1n) is 13.5. The van der Waals surface area contributed by atoms with Crippen LogP contribution in [0.4, 0.5) is 4.79 Å². The third-order valence-electron chi connectivity index (χ3n) is 6.49. The number of carbonyl (C=O) groups is 2. The minimum absolute atomic E-state index is 0.0247. The van der Waals surface area contributed by atoms with Crippen LogP contribution in [0.15, 0.2) is 107 Å². The first-order chi connectivity index (χ1) is 19.9. The van der Waals surface area contributed by atoms with Crippen LogP contribution in [-0.2, 0) is 37.1 Å². The summed E-state index contributed by atoms with van der Waals surface area (Å²) in [7, 11) is -3.75. The standard InChI is InChI=1S/C31H35N3O6S/c35-30(29(22-25-10-4-1-5-11-25)33-31(36)34-17-19-39-20-18-34)32-27(24-40-23-26-12-6-2-7-13-26)16-21-41(37,38)28-14-8-3-9-15-28/h1-16,21,27,29H,17-20,22-24H2,(H,32,35)(H,33,36). The number of hydrogen-bond acceptors (Lipinski definition) is 6. The van der Waals surface area contributed by atoms with E-state index in [0.29, 0.717) is 26.3 Å². The lowest BCUT2D eigenvalue weighted by atomic mass is 10.0. The smallest absolute Gasteiger partial charge is 0.318 e. The van der Waals surface area contributed by atoms with Gasteiger partial charge < -0.3 is 25.0 Å². The SMILES string of the molecule is O=C(NC(C=CS(=O)(=O)c1ccccc1)COCc1ccccc1)C(Cc1ccccc1)NC(=O)N1CCOCC1.